The van der Waals surface area contributed by atoms with Gasteiger partial charge in [0.1, 0.15) is 0 Å². The van der Waals surface area contributed by atoms with E-state index in [2.05, 4.69) is 4.98 Å². The number of aromatic amines is 1. The van der Waals surface area contributed by atoms with E-state index in [0.717, 1.165) is 6.07 Å². The van der Waals surface area contributed by atoms with E-state index in [4.69, 9.17) is 5.73 Å². The van der Waals surface area contributed by atoms with Gasteiger partial charge < -0.3 is 10.7 Å². The first-order valence-corrected chi connectivity index (χ1v) is 4.48. The van der Waals surface area contributed by atoms with Crippen molar-refractivity contribution in [3.05, 3.63) is 35.3 Å². The third-order valence-corrected chi connectivity index (χ3v) is 2.30. The summed E-state index contributed by atoms with van der Waals surface area (Å²) in [7, 11) is 0. The van der Waals surface area contributed by atoms with Gasteiger partial charge in [0, 0.05) is 17.6 Å². The molecule has 6 heteroatoms. The van der Waals surface area contributed by atoms with Crippen LogP contribution in [0.15, 0.2) is 12.3 Å². The summed E-state index contributed by atoms with van der Waals surface area (Å²) in [6.45, 7) is 0.325. The van der Waals surface area contributed by atoms with Crippen LogP contribution in [0.4, 0.5) is 13.2 Å². The maximum atomic E-state index is 13.4. The van der Waals surface area contributed by atoms with Crippen molar-refractivity contribution >= 4 is 23.3 Å². The standard InChI is InChI=1S/C10H9F3N2.ClH/c11-6-3-7-8(10(13)9(6)12)5(1-2-14)4-15-7;/h3-4,15H,1-2,14H2;1H. The number of nitrogens with two attached hydrogens (primary N) is 1. The molecule has 0 aliphatic rings. The average molecular weight is 251 g/mol. The summed E-state index contributed by atoms with van der Waals surface area (Å²) in [6.07, 6.45) is 1.93. The van der Waals surface area contributed by atoms with Crippen molar-refractivity contribution in [3.63, 3.8) is 0 Å². The third-order valence-electron chi connectivity index (χ3n) is 2.30. The Morgan fingerprint density at radius 1 is 1.19 bits per heavy atom. The third kappa shape index (κ3) is 1.88. The predicted octanol–water partition coefficient (Wildman–Crippen LogP) is 2.51. The van der Waals surface area contributed by atoms with Crippen molar-refractivity contribution in [2.75, 3.05) is 6.54 Å². The minimum absolute atomic E-state index is 0. The Kier molecular flexibility index (Phi) is 3.83. The molecule has 0 atom stereocenters. The van der Waals surface area contributed by atoms with Gasteiger partial charge in [0.15, 0.2) is 17.5 Å². The van der Waals surface area contributed by atoms with Crippen molar-refractivity contribution in [1.82, 2.24) is 4.98 Å². The summed E-state index contributed by atoms with van der Waals surface area (Å²) in [5.41, 5.74) is 6.13. The molecule has 0 bridgehead atoms. The molecular weight excluding hydrogens is 241 g/mol. The molecule has 2 aromatic rings. The van der Waals surface area contributed by atoms with Crippen molar-refractivity contribution in [2.45, 2.75) is 6.42 Å². The van der Waals surface area contributed by atoms with Gasteiger partial charge in [-0.2, -0.15) is 0 Å². The average Bonchev–Trinajstić information content (AvgIpc) is 2.59. The summed E-state index contributed by atoms with van der Waals surface area (Å²) < 4.78 is 39.2. The molecule has 0 fully saturated rings. The monoisotopic (exact) mass is 250 g/mol. The molecular formula is C10H10ClF3N2. The van der Waals surface area contributed by atoms with Crippen LogP contribution in [0.2, 0.25) is 0 Å². The molecule has 2 rings (SSSR count). The topological polar surface area (TPSA) is 41.8 Å². The molecule has 0 aliphatic carbocycles. The number of nitrogens with one attached hydrogen (secondary N) is 1. The number of aromatic nitrogens is 1. The van der Waals surface area contributed by atoms with Crippen LogP contribution in [-0.2, 0) is 6.42 Å². The largest absolute Gasteiger partial charge is 0.361 e. The lowest BCUT2D eigenvalue weighted by Gasteiger charge is -2.00. The summed E-state index contributed by atoms with van der Waals surface area (Å²) in [5, 5.41) is 0.0827. The Bertz CT molecular complexity index is 510. The molecule has 0 saturated heterocycles. The first kappa shape index (κ1) is 12.9. The SMILES string of the molecule is Cl.NCCc1c[nH]c2cc(F)c(F)c(F)c12. The number of rotatable bonds is 2. The molecule has 88 valence electrons. The van der Waals surface area contributed by atoms with Gasteiger partial charge >= 0.3 is 0 Å². The molecule has 16 heavy (non-hydrogen) atoms. The van der Waals surface area contributed by atoms with Gasteiger partial charge in [0.25, 0.3) is 0 Å². The molecule has 1 aromatic carbocycles. The number of hydrogen-bond acceptors (Lipinski definition) is 1. The highest BCUT2D eigenvalue weighted by Gasteiger charge is 2.16. The van der Waals surface area contributed by atoms with Crippen LogP contribution in [0.3, 0.4) is 0 Å². The maximum Gasteiger partial charge on any atom is 0.195 e. The summed E-state index contributed by atoms with van der Waals surface area (Å²) >= 11 is 0. The van der Waals surface area contributed by atoms with Crippen molar-refractivity contribution in [1.29, 1.82) is 0 Å². The van der Waals surface area contributed by atoms with E-state index in [1.165, 1.54) is 6.20 Å². The normalized spacial score (nSPS) is 10.5. The fourth-order valence-electron chi connectivity index (χ4n) is 1.61. The smallest absolute Gasteiger partial charge is 0.195 e. The highest BCUT2D eigenvalue weighted by Crippen LogP contribution is 2.25. The Morgan fingerprint density at radius 2 is 1.88 bits per heavy atom. The van der Waals surface area contributed by atoms with E-state index >= 15 is 0 Å². The van der Waals surface area contributed by atoms with Crippen LogP contribution in [0.1, 0.15) is 5.56 Å². The molecule has 0 saturated carbocycles. The predicted molar refractivity (Wildman–Crippen MR) is 58.2 cm³/mol. The van der Waals surface area contributed by atoms with Gasteiger partial charge in [0.2, 0.25) is 0 Å². The molecule has 0 radical (unpaired) electrons. The Hall–Kier alpha value is -1.20. The molecule has 2 nitrogen and oxygen atoms in total. The van der Waals surface area contributed by atoms with Gasteiger partial charge in [0.05, 0.1) is 5.52 Å². The van der Waals surface area contributed by atoms with Crippen molar-refractivity contribution in [3.8, 4) is 0 Å². The highest BCUT2D eigenvalue weighted by molar-refractivity contribution is 5.85. The summed E-state index contributed by atoms with van der Waals surface area (Å²) in [4.78, 5) is 2.68. The second kappa shape index (κ2) is 4.76. The molecule has 0 amide bonds. The fourth-order valence-corrected chi connectivity index (χ4v) is 1.61. The van der Waals surface area contributed by atoms with Gasteiger partial charge in [-0.25, -0.2) is 13.2 Å². The number of fused-ring (bicyclic) bond motifs is 1. The Labute approximate surface area is 96.0 Å². The first-order chi connectivity index (χ1) is 7.15. The number of H-pyrrole nitrogens is 1. The molecule has 3 N–H and O–H groups in total. The zero-order valence-electron chi connectivity index (χ0n) is 8.19. The molecule has 0 aliphatic heterocycles. The number of hydrogen-bond donors (Lipinski definition) is 2. The summed E-state index contributed by atoms with van der Waals surface area (Å²) in [5.74, 6) is -3.80. The summed E-state index contributed by atoms with van der Waals surface area (Å²) in [6, 6.07) is 0.938. The minimum Gasteiger partial charge on any atom is -0.361 e. The fraction of sp³-hybridized carbons (Fsp3) is 0.200. The Balaban J connectivity index is 0.00000128. The van der Waals surface area contributed by atoms with E-state index in [1.807, 2.05) is 0 Å². The highest BCUT2D eigenvalue weighted by atomic mass is 35.5. The number of benzene rings is 1. The second-order valence-electron chi connectivity index (χ2n) is 3.26. The van der Waals surface area contributed by atoms with E-state index in [1.54, 1.807) is 0 Å². The van der Waals surface area contributed by atoms with Crippen molar-refractivity contribution in [2.24, 2.45) is 5.73 Å². The van der Waals surface area contributed by atoms with Gasteiger partial charge in [-0.3, -0.25) is 0 Å². The number of halogens is 4. The lowest BCUT2D eigenvalue weighted by molar-refractivity contribution is 0.453. The van der Waals surface area contributed by atoms with Crippen LogP contribution in [0.5, 0.6) is 0 Å². The zero-order valence-corrected chi connectivity index (χ0v) is 9.00. The van der Waals surface area contributed by atoms with E-state index in [9.17, 15) is 13.2 Å². The first-order valence-electron chi connectivity index (χ1n) is 4.48. The van der Waals surface area contributed by atoms with Gasteiger partial charge in [-0.15, -0.1) is 12.4 Å². The second-order valence-corrected chi connectivity index (χ2v) is 3.26. The van der Waals surface area contributed by atoms with Crippen LogP contribution in [-0.4, -0.2) is 11.5 Å². The molecule has 1 heterocycles. The quantitative estimate of drug-likeness (QED) is 0.790. The van der Waals surface area contributed by atoms with Crippen molar-refractivity contribution < 1.29 is 13.2 Å². The lowest BCUT2D eigenvalue weighted by Crippen LogP contribution is -2.02. The minimum atomic E-state index is -1.44. The van der Waals surface area contributed by atoms with Crippen LogP contribution in [0, 0.1) is 17.5 Å². The van der Waals surface area contributed by atoms with E-state index in [-0.39, 0.29) is 23.3 Å². The van der Waals surface area contributed by atoms with E-state index in [0.29, 0.717) is 18.5 Å². The molecule has 0 unspecified atom stereocenters. The van der Waals surface area contributed by atoms with Crippen LogP contribution < -0.4 is 5.73 Å². The lowest BCUT2D eigenvalue weighted by atomic mass is 10.1. The maximum absolute atomic E-state index is 13.4. The van der Waals surface area contributed by atoms with Crippen LogP contribution in [0.25, 0.3) is 10.9 Å². The van der Waals surface area contributed by atoms with Gasteiger partial charge in [-0.1, -0.05) is 0 Å². The molecule has 0 spiro atoms. The van der Waals surface area contributed by atoms with E-state index < -0.39 is 17.5 Å². The Morgan fingerprint density at radius 3 is 2.50 bits per heavy atom. The van der Waals surface area contributed by atoms with Gasteiger partial charge in [-0.05, 0) is 18.5 Å². The zero-order chi connectivity index (χ0) is 11.0. The van der Waals surface area contributed by atoms with Crippen LogP contribution >= 0.6 is 12.4 Å². The molecule has 1 aromatic heterocycles.